The Balaban J connectivity index is 2.01. The Bertz CT molecular complexity index is 1020. The molecule has 0 radical (unpaired) electrons. The number of nitrogens with one attached hydrogen (secondary N) is 2. The Hall–Kier alpha value is -3.35. The van der Waals surface area contributed by atoms with Crippen LogP contribution in [0.25, 0.3) is 11.2 Å². The van der Waals surface area contributed by atoms with Crippen LogP contribution in [0.4, 0.5) is 10.2 Å². The molecule has 29 heavy (non-hydrogen) atoms. The number of H-pyrrole nitrogens is 1. The third-order valence-electron chi connectivity index (χ3n) is 4.07. The average molecular weight is 411 g/mol. The first-order valence-electron chi connectivity index (χ1n) is 8.52. The number of fused-ring (bicyclic) bond motifs is 1. The summed E-state index contributed by atoms with van der Waals surface area (Å²) in [5.74, 6) is -1.81. The molecule has 0 aliphatic carbocycles. The Morgan fingerprint density at radius 1 is 1.28 bits per heavy atom. The van der Waals surface area contributed by atoms with Gasteiger partial charge in [-0.25, -0.2) is 23.7 Å². The van der Waals surface area contributed by atoms with Crippen molar-refractivity contribution in [1.82, 2.24) is 19.5 Å². The summed E-state index contributed by atoms with van der Waals surface area (Å²) in [5.41, 5.74) is -0.749. The van der Waals surface area contributed by atoms with Crippen LogP contribution in [0.15, 0.2) is 11.1 Å². The number of hydrogen-bond acceptors (Lipinski definition) is 9. The van der Waals surface area contributed by atoms with Crippen molar-refractivity contribution in [2.24, 2.45) is 0 Å². The molecule has 156 valence electrons. The number of anilines is 1. The minimum Gasteiger partial charge on any atom is -0.463 e. The Morgan fingerprint density at radius 2 is 2.00 bits per heavy atom. The lowest BCUT2D eigenvalue weighted by atomic mass is 10.1. The maximum absolute atomic E-state index is 15.1. The maximum Gasteiger partial charge on any atom is 0.330 e. The topological polar surface area (TPSA) is 154 Å². The van der Waals surface area contributed by atoms with Crippen LogP contribution in [-0.2, 0) is 28.6 Å². The van der Waals surface area contributed by atoms with E-state index in [2.05, 4.69) is 20.3 Å². The number of imidazole rings is 1. The number of aromatic nitrogens is 4. The van der Waals surface area contributed by atoms with E-state index in [1.807, 2.05) is 0 Å². The van der Waals surface area contributed by atoms with Crippen molar-refractivity contribution in [3.8, 4) is 0 Å². The fourth-order valence-electron chi connectivity index (χ4n) is 3.00. The van der Waals surface area contributed by atoms with Gasteiger partial charge in [0.1, 0.15) is 24.6 Å². The minimum absolute atomic E-state index is 0.0276. The lowest BCUT2D eigenvalue weighted by Gasteiger charge is -2.18. The van der Waals surface area contributed by atoms with Crippen LogP contribution in [0, 0.1) is 0 Å². The van der Waals surface area contributed by atoms with Crippen molar-refractivity contribution >= 4 is 34.8 Å². The van der Waals surface area contributed by atoms with E-state index in [-0.39, 0.29) is 23.6 Å². The van der Waals surface area contributed by atoms with Gasteiger partial charge in [0.2, 0.25) is 5.91 Å². The summed E-state index contributed by atoms with van der Waals surface area (Å²) in [6.07, 6.45) is -4.96. The van der Waals surface area contributed by atoms with E-state index in [1.54, 1.807) is 0 Å². The zero-order chi connectivity index (χ0) is 21.3. The number of halogens is 1. The van der Waals surface area contributed by atoms with Gasteiger partial charge >= 0.3 is 17.6 Å². The standard InChI is InChI=1S/C16H18FN5O7/c1-6(23)20-13-11-14(19-5-18-13)22(16(26)21-11)15-10(17)12(28-8(3)25)9(29-15)4-27-7(2)24/h5,9-10,12,15H,4H2,1-3H3,(H,21,26)(H,18,19,20,23)/t9-,10-,12-,15-/m1/s1. The number of carbonyl (C=O) groups excluding carboxylic acids is 3. The summed E-state index contributed by atoms with van der Waals surface area (Å²) in [6, 6.07) is 0. The van der Waals surface area contributed by atoms with Gasteiger partial charge in [0.15, 0.2) is 30.0 Å². The van der Waals surface area contributed by atoms with E-state index in [0.29, 0.717) is 0 Å². The lowest BCUT2D eigenvalue weighted by Crippen LogP contribution is -2.36. The van der Waals surface area contributed by atoms with Crippen molar-refractivity contribution in [3.05, 3.63) is 16.8 Å². The zero-order valence-corrected chi connectivity index (χ0v) is 15.7. The number of carbonyl (C=O) groups is 3. The third kappa shape index (κ3) is 4.08. The molecule has 13 heteroatoms. The van der Waals surface area contributed by atoms with E-state index in [0.717, 1.165) is 24.7 Å². The minimum atomic E-state index is -1.96. The number of aromatic amines is 1. The summed E-state index contributed by atoms with van der Waals surface area (Å²) < 4.78 is 31.4. The number of esters is 2. The molecule has 1 aliphatic rings. The predicted octanol–water partition coefficient (Wildman–Crippen LogP) is -0.192. The Morgan fingerprint density at radius 3 is 2.62 bits per heavy atom. The van der Waals surface area contributed by atoms with E-state index in [1.165, 1.54) is 6.92 Å². The molecule has 3 rings (SSSR count). The highest BCUT2D eigenvalue weighted by Crippen LogP contribution is 2.35. The maximum atomic E-state index is 15.1. The van der Waals surface area contributed by atoms with Gasteiger partial charge in [0, 0.05) is 20.8 Å². The number of hydrogen-bond donors (Lipinski definition) is 2. The molecule has 2 aromatic rings. The van der Waals surface area contributed by atoms with E-state index in [4.69, 9.17) is 14.2 Å². The lowest BCUT2D eigenvalue weighted by molar-refractivity contribution is -0.156. The molecule has 0 unspecified atom stereocenters. The van der Waals surface area contributed by atoms with Crippen LogP contribution in [0.1, 0.15) is 27.0 Å². The number of amides is 1. The van der Waals surface area contributed by atoms with Crippen molar-refractivity contribution in [3.63, 3.8) is 0 Å². The average Bonchev–Trinajstić information content (AvgIpc) is 3.10. The van der Waals surface area contributed by atoms with Crippen molar-refractivity contribution < 1.29 is 33.0 Å². The quantitative estimate of drug-likeness (QED) is 0.637. The highest BCUT2D eigenvalue weighted by Gasteiger charge is 2.50. The van der Waals surface area contributed by atoms with Crippen molar-refractivity contribution in [2.75, 3.05) is 11.9 Å². The van der Waals surface area contributed by atoms with Gasteiger partial charge in [0.05, 0.1) is 0 Å². The van der Waals surface area contributed by atoms with Gasteiger partial charge < -0.3 is 24.5 Å². The SMILES string of the molecule is CC(=O)Nc1ncnc2c1[nH]c(=O)n2[C@@H]1O[C@H](COC(C)=O)[C@@H](OC(C)=O)[C@H]1F. The second kappa shape index (κ2) is 7.95. The molecule has 1 amide bonds. The van der Waals surface area contributed by atoms with Crippen LogP contribution in [0.3, 0.4) is 0 Å². The number of rotatable bonds is 5. The first kappa shape index (κ1) is 20.4. The molecule has 0 bridgehead atoms. The molecule has 4 atom stereocenters. The molecule has 2 N–H and O–H groups in total. The van der Waals surface area contributed by atoms with Gasteiger partial charge in [-0.3, -0.25) is 14.4 Å². The monoisotopic (exact) mass is 411 g/mol. The fraction of sp³-hybridized carbons (Fsp3) is 0.500. The van der Waals surface area contributed by atoms with Gasteiger partial charge in [-0.1, -0.05) is 0 Å². The summed E-state index contributed by atoms with van der Waals surface area (Å²) in [7, 11) is 0. The first-order valence-corrected chi connectivity index (χ1v) is 8.52. The van der Waals surface area contributed by atoms with Gasteiger partial charge in [-0.05, 0) is 0 Å². The third-order valence-corrected chi connectivity index (χ3v) is 4.07. The molecule has 12 nitrogen and oxygen atoms in total. The second-order valence-electron chi connectivity index (χ2n) is 6.29. The molecule has 0 saturated carbocycles. The predicted molar refractivity (Wildman–Crippen MR) is 93.4 cm³/mol. The molecule has 3 heterocycles. The van der Waals surface area contributed by atoms with Crippen LogP contribution in [0.2, 0.25) is 0 Å². The molecule has 0 aromatic carbocycles. The van der Waals surface area contributed by atoms with Crippen LogP contribution < -0.4 is 11.0 Å². The number of ether oxygens (including phenoxy) is 3. The molecule has 1 saturated heterocycles. The number of nitrogens with zero attached hydrogens (tertiary/aromatic N) is 3. The van der Waals surface area contributed by atoms with Crippen molar-refractivity contribution in [1.29, 1.82) is 0 Å². The molecule has 1 aliphatic heterocycles. The molecule has 2 aromatic heterocycles. The first-order chi connectivity index (χ1) is 13.7. The van der Waals surface area contributed by atoms with Crippen LogP contribution in [-0.4, -0.2) is 62.4 Å². The van der Waals surface area contributed by atoms with Gasteiger partial charge in [-0.15, -0.1) is 0 Å². The molecule has 0 spiro atoms. The number of alkyl halides is 1. The van der Waals surface area contributed by atoms with Gasteiger partial charge in [-0.2, -0.15) is 0 Å². The van der Waals surface area contributed by atoms with Gasteiger partial charge in [0.25, 0.3) is 0 Å². The normalized spacial score (nSPS) is 23.7. The van der Waals surface area contributed by atoms with E-state index in [9.17, 15) is 19.2 Å². The molecule has 1 fully saturated rings. The highest BCUT2D eigenvalue weighted by molar-refractivity contribution is 5.95. The van der Waals surface area contributed by atoms with Crippen molar-refractivity contribution in [2.45, 2.75) is 45.4 Å². The molecular weight excluding hydrogens is 393 g/mol. The van der Waals surface area contributed by atoms with Crippen LogP contribution in [0.5, 0.6) is 0 Å². The smallest absolute Gasteiger partial charge is 0.330 e. The second-order valence-corrected chi connectivity index (χ2v) is 6.29. The van der Waals surface area contributed by atoms with E-state index >= 15 is 4.39 Å². The zero-order valence-electron chi connectivity index (χ0n) is 15.7. The molecular formula is C16H18FN5O7. The largest absolute Gasteiger partial charge is 0.463 e. The summed E-state index contributed by atoms with van der Waals surface area (Å²) in [5, 5.41) is 2.43. The Kier molecular flexibility index (Phi) is 5.59. The highest BCUT2D eigenvalue weighted by atomic mass is 19.1. The fourth-order valence-corrected chi connectivity index (χ4v) is 3.00. The summed E-state index contributed by atoms with van der Waals surface area (Å²) >= 11 is 0. The Labute approximate surface area is 162 Å². The summed E-state index contributed by atoms with van der Waals surface area (Å²) in [4.78, 5) is 56.6. The summed E-state index contributed by atoms with van der Waals surface area (Å²) in [6.45, 7) is 3.12. The van der Waals surface area contributed by atoms with Crippen LogP contribution >= 0.6 is 0 Å². The van der Waals surface area contributed by atoms with E-state index < -0.39 is 48.1 Å².